The van der Waals surface area contributed by atoms with Crippen LogP contribution >= 0.6 is 0 Å². The standard InChI is InChI=1S/C16H25N3O/c1-4-14(5-2)19(10-11-20-3)15-6-7-16(18)13(12-15)8-9-17/h6-7,12,14H,4-5,8,10-11,18H2,1-3H3. The monoisotopic (exact) mass is 275 g/mol. The minimum absolute atomic E-state index is 0.348. The normalized spacial score (nSPS) is 10.6. The first-order chi connectivity index (χ1) is 9.67. The van der Waals surface area contributed by atoms with Crippen LogP contribution in [-0.4, -0.2) is 26.3 Å². The summed E-state index contributed by atoms with van der Waals surface area (Å²) in [7, 11) is 1.72. The summed E-state index contributed by atoms with van der Waals surface area (Å²) >= 11 is 0. The van der Waals surface area contributed by atoms with Crippen molar-refractivity contribution in [2.45, 2.75) is 39.2 Å². The lowest BCUT2D eigenvalue weighted by Crippen LogP contribution is -2.37. The van der Waals surface area contributed by atoms with Crippen molar-refractivity contribution in [3.63, 3.8) is 0 Å². The van der Waals surface area contributed by atoms with E-state index in [0.717, 1.165) is 30.6 Å². The van der Waals surface area contributed by atoms with Gasteiger partial charge in [-0.25, -0.2) is 0 Å². The molecule has 0 fully saturated rings. The molecule has 0 bridgehead atoms. The van der Waals surface area contributed by atoms with E-state index < -0.39 is 0 Å². The van der Waals surface area contributed by atoms with Crippen molar-refractivity contribution < 1.29 is 4.74 Å². The van der Waals surface area contributed by atoms with E-state index in [2.05, 4.69) is 24.8 Å². The number of benzene rings is 1. The zero-order chi connectivity index (χ0) is 15.0. The van der Waals surface area contributed by atoms with Gasteiger partial charge in [0.15, 0.2) is 0 Å². The Morgan fingerprint density at radius 2 is 2.05 bits per heavy atom. The van der Waals surface area contributed by atoms with Gasteiger partial charge in [-0.15, -0.1) is 0 Å². The molecule has 0 heterocycles. The summed E-state index contributed by atoms with van der Waals surface area (Å²) in [5.74, 6) is 0. The van der Waals surface area contributed by atoms with Gasteiger partial charge in [0.2, 0.25) is 0 Å². The number of nitriles is 1. The Hall–Kier alpha value is -1.73. The molecular formula is C16H25N3O. The Kier molecular flexibility index (Phi) is 6.89. The summed E-state index contributed by atoms with van der Waals surface area (Å²) in [4.78, 5) is 2.35. The maximum atomic E-state index is 8.88. The van der Waals surface area contributed by atoms with Crippen molar-refractivity contribution in [2.75, 3.05) is 30.9 Å². The Balaban J connectivity index is 3.06. The predicted octanol–water partition coefficient (Wildman–Crippen LogP) is 2.98. The predicted molar refractivity (Wildman–Crippen MR) is 83.8 cm³/mol. The molecule has 1 aromatic rings. The number of methoxy groups -OCH3 is 1. The van der Waals surface area contributed by atoms with Crippen molar-refractivity contribution in [1.82, 2.24) is 0 Å². The molecule has 0 aliphatic carbocycles. The van der Waals surface area contributed by atoms with Crippen LogP contribution in [0.3, 0.4) is 0 Å². The maximum absolute atomic E-state index is 8.88. The van der Waals surface area contributed by atoms with Crippen LogP contribution in [0.4, 0.5) is 11.4 Å². The molecule has 0 saturated heterocycles. The summed E-state index contributed by atoms with van der Waals surface area (Å²) in [6.45, 7) is 5.93. The highest BCUT2D eigenvalue weighted by Crippen LogP contribution is 2.25. The van der Waals surface area contributed by atoms with E-state index in [0.29, 0.717) is 24.8 Å². The van der Waals surface area contributed by atoms with Crippen LogP contribution in [-0.2, 0) is 11.2 Å². The maximum Gasteiger partial charge on any atom is 0.0670 e. The highest BCUT2D eigenvalue weighted by Gasteiger charge is 2.16. The van der Waals surface area contributed by atoms with Gasteiger partial charge < -0.3 is 15.4 Å². The zero-order valence-corrected chi connectivity index (χ0v) is 12.7. The van der Waals surface area contributed by atoms with E-state index in [1.165, 1.54) is 0 Å². The Bertz CT molecular complexity index is 450. The second-order valence-electron chi connectivity index (χ2n) is 4.87. The molecule has 0 aliphatic rings. The topological polar surface area (TPSA) is 62.3 Å². The highest BCUT2D eigenvalue weighted by molar-refractivity contribution is 5.59. The van der Waals surface area contributed by atoms with Gasteiger partial charge in [0.25, 0.3) is 0 Å². The Labute approximate surface area is 122 Å². The number of hydrogen-bond donors (Lipinski definition) is 1. The van der Waals surface area contributed by atoms with Crippen LogP contribution < -0.4 is 10.6 Å². The van der Waals surface area contributed by atoms with E-state index in [1.54, 1.807) is 7.11 Å². The second-order valence-corrected chi connectivity index (χ2v) is 4.87. The van der Waals surface area contributed by atoms with Gasteiger partial charge in [0.05, 0.1) is 19.1 Å². The van der Waals surface area contributed by atoms with Crippen LogP contribution in [0.5, 0.6) is 0 Å². The molecular weight excluding hydrogens is 250 g/mol. The molecule has 110 valence electrons. The van der Waals surface area contributed by atoms with E-state index in [-0.39, 0.29) is 0 Å². The molecule has 20 heavy (non-hydrogen) atoms. The number of nitrogens with zero attached hydrogens (tertiary/aromatic N) is 2. The molecule has 0 unspecified atom stereocenters. The lowest BCUT2D eigenvalue weighted by Gasteiger charge is -2.33. The molecule has 0 atom stereocenters. The fourth-order valence-electron chi connectivity index (χ4n) is 2.45. The van der Waals surface area contributed by atoms with Crippen molar-refractivity contribution >= 4 is 11.4 Å². The molecule has 0 spiro atoms. The van der Waals surface area contributed by atoms with E-state index >= 15 is 0 Å². The highest BCUT2D eigenvalue weighted by atomic mass is 16.5. The third kappa shape index (κ3) is 4.14. The molecule has 4 nitrogen and oxygen atoms in total. The minimum Gasteiger partial charge on any atom is -0.398 e. The first kappa shape index (κ1) is 16.3. The molecule has 0 radical (unpaired) electrons. The number of anilines is 2. The summed E-state index contributed by atoms with van der Waals surface area (Å²) in [5.41, 5.74) is 8.63. The van der Waals surface area contributed by atoms with Crippen LogP contribution in [0.25, 0.3) is 0 Å². The number of nitrogens with two attached hydrogens (primary N) is 1. The lowest BCUT2D eigenvalue weighted by atomic mass is 10.1. The smallest absolute Gasteiger partial charge is 0.0670 e. The third-order valence-electron chi connectivity index (χ3n) is 3.65. The van der Waals surface area contributed by atoms with Crippen LogP contribution in [0, 0.1) is 11.3 Å². The molecule has 2 N–H and O–H groups in total. The average Bonchev–Trinajstić information content (AvgIpc) is 2.46. The van der Waals surface area contributed by atoms with Gasteiger partial charge in [-0.3, -0.25) is 0 Å². The van der Waals surface area contributed by atoms with Crippen LogP contribution in [0.2, 0.25) is 0 Å². The summed E-state index contributed by atoms with van der Waals surface area (Å²) in [5, 5.41) is 8.88. The molecule has 0 aliphatic heterocycles. The molecule has 1 rings (SSSR count). The van der Waals surface area contributed by atoms with Crippen molar-refractivity contribution in [2.24, 2.45) is 0 Å². The number of hydrogen-bond acceptors (Lipinski definition) is 4. The second kappa shape index (κ2) is 8.44. The first-order valence-corrected chi connectivity index (χ1v) is 7.18. The van der Waals surface area contributed by atoms with E-state index in [4.69, 9.17) is 15.7 Å². The summed E-state index contributed by atoms with van der Waals surface area (Å²) < 4.78 is 5.22. The van der Waals surface area contributed by atoms with Gasteiger partial charge in [-0.05, 0) is 36.6 Å². The SMILES string of the molecule is CCC(CC)N(CCOC)c1ccc(N)c(CC#N)c1. The van der Waals surface area contributed by atoms with Crippen LogP contribution in [0.15, 0.2) is 18.2 Å². The quantitative estimate of drug-likeness (QED) is 0.741. The fraction of sp³-hybridized carbons (Fsp3) is 0.562. The average molecular weight is 275 g/mol. The zero-order valence-electron chi connectivity index (χ0n) is 12.7. The summed E-state index contributed by atoms with van der Waals surface area (Å²) in [6, 6.07) is 8.60. The van der Waals surface area contributed by atoms with E-state index in [9.17, 15) is 0 Å². The number of ether oxygens (including phenoxy) is 1. The lowest BCUT2D eigenvalue weighted by molar-refractivity contribution is 0.202. The van der Waals surface area contributed by atoms with Crippen molar-refractivity contribution in [3.05, 3.63) is 23.8 Å². The van der Waals surface area contributed by atoms with Gasteiger partial charge in [-0.1, -0.05) is 13.8 Å². The van der Waals surface area contributed by atoms with Gasteiger partial charge in [0, 0.05) is 31.1 Å². The van der Waals surface area contributed by atoms with Gasteiger partial charge in [0.1, 0.15) is 0 Å². The van der Waals surface area contributed by atoms with Gasteiger partial charge >= 0.3 is 0 Å². The Morgan fingerprint density at radius 3 is 2.60 bits per heavy atom. The Morgan fingerprint density at radius 1 is 1.35 bits per heavy atom. The molecule has 0 aromatic heterocycles. The molecule has 1 aromatic carbocycles. The molecule has 4 heteroatoms. The minimum atomic E-state index is 0.348. The van der Waals surface area contributed by atoms with E-state index in [1.807, 2.05) is 18.2 Å². The number of rotatable bonds is 8. The summed E-state index contributed by atoms with van der Waals surface area (Å²) in [6.07, 6.45) is 2.51. The molecule has 0 amide bonds. The van der Waals surface area contributed by atoms with Gasteiger partial charge in [-0.2, -0.15) is 5.26 Å². The van der Waals surface area contributed by atoms with Crippen molar-refractivity contribution in [3.8, 4) is 6.07 Å². The van der Waals surface area contributed by atoms with Crippen LogP contribution in [0.1, 0.15) is 32.3 Å². The number of nitrogen functional groups attached to an aromatic ring is 1. The van der Waals surface area contributed by atoms with Crippen molar-refractivity contribution in [1.29, 1.82) is 5.26 Å². The molecule has 0 saturated carbocycles. The first-order valence-electron chi connectivity index (χ1n) is 7.18. The third-order valence-corrected chi connectivity index (χ3v) is 3.65. The largest absolute Gasteiger partial charge is 0.398 e. The fourth-order valence-corrected chi connectivity index (χ4v) is 2.45.